The Kier molecular flexibility index (Phi) is 12.0. The van der Waals surface area contributed by atoms with Crippen molar-refractivity contribution in [1.29, 1.82) is 0 Å². The summed E-state index contributed by atoms with van der Waals surface area (Å²) in [6, 6.07) is 10.6. The molecule has 6 aliphatic rings. The molecule has 55 heavy (non-hydrogen) atoms. The highest BCUT2D eigenvalue weighted by Gasteiger charge is 2.78. The van der Waals surface area contributed by atoms with Gasteiger partial charge in [0.2, 0.25) is 0 Å². The molecule has 1 spiro atoms. The number of aryl methyl sites for hydroxylation is 1. The van der Waals surface area contributed by atoms with Crippen LogP contribution in [-0.4, -0.2) is 57.8 Å². The molecule has 4 saturated carbocycles. The number of carbonyl (C=O) groups excluding carboxylic acids is 2. The zero-order chi connectivity index (χ0) is 38.9. The van der Waals surface area contributed by atoms with Gasteiger partial charge in [-0.2, -0.15) is 0 Å². The molecule has 2 heterocycles. The second-order valence-corrected chi connectivity index (χ2v) is 19.5. The van der Waals surface area contributed by atoms with Crippen molar-refractivity contribution in [2.75, 3.05) is 6.61 Å². The predicted octanol–water partition coefficient (Wildman–Crippen LogP) is 8.80. The van der Waals surface area contributed by atoms with Crippen LogP contribution in [0.25, 0.3) is 0 Å². The number of rotatable bonds is 12. The quantitative estimate of drug-likeness (QED) is 0.144. The van der Waals surface area contributed by atoms with Gasteiger partial charge in [0.05, 0.1) is 34.1 Å². The molecule has 1 unspecified atom stereocenters. The average Bonchev–Trinajstić information content (AvgIpc) is 3.62. The Balaban J connectivity index is 1.32. The fraction of sp³-hybridized carbons (Fsp3) is 0.750. The lowest BCUT2D eigenvalue weighted by Crippen LogP contribution is -2.79. The normalized spacial score (nSPS) is 37.2. The van der Waals surface area contributed by atoms with Gasteiger partial charge in [-0.1, -0.05) is 95.0 Å². The molecule has 0 saturated heterocycles. The summed E-state index contributed by atoms with van der Waals surface area (Å²) in [6.07, 6.45) is 15.7. The van der Waals surface area contributed by atoms with Gasteiger partial charge in [-0.25, -0.2) is 4.79 Å². The summed E-state index contributed by atoms with van der Waals surface area (Å²) in [5.74, 6) is 6.71. The van der Waals surface area contributed by atoms with Crippen molar-refractivity contribution in [1.82, 2.24) is 0 Å². The number of ether oxygens (including phenoxy) is 2. The Morgan fingerprint density at radius 3 is 2.35 bits per heavy atom. The van der Waals surface area contributed by atoms with Crippen molar-refractivity contribution in [3.05, 3.63) is 47.5 Å². The smallest absolute Gasteiger partial charge is 0.331 e. The van der Waals surface area contributed by atoms with Gasteiger partial charge in [-0.05, 0) is 112 Å². The van der Waals surface area contributed by atoms with Crippen molar-refractivity contribution in [2.45, 2.75) is 180 Å². The van der Waals surface area contributed by atoms with Crippen LogP contribution in [0.1, 0.15) is 155 Å². The lowest BCUT2D eigenvalue weighted by atomic mass is 9.35. The van der Waals surface area contributed by atoms with Crippen molar-refractivity contribution in [3.8, 4) is 11.8 Å². The minimum absolute atomic E-state index is 0.172. The number of carbonyl (C=O) groups is 2. The summed E-state index contributed by atoms with van der Waals surface area (Å²) in [6.45, 7) is 6.77. The number of hydrogen-bond acceptors (Lipinski definition) is 7. The van der Waals surface area contributed by atoms with Crippen molar-refractivity contribution in [2.24, 2.45) is 39.4 Å². The summed E-state index contributed by atoms with van der Waals surface area (Å²) in [7, 11) is 0. The van der Waals surface area contributed by atoms with E-state index in [-0.39, 0.29) is 25.0 Å². The van der Waals surface area contributed by atoms with Crippen LogP contribution in [0.15, 0.2) is 42.0 Å². The fourth-order valence-electron chi connectivity index (χ4n) is 13.1. The molecular formula is C48H68O7. The summed E-state index contributed by atoms with van der Waals surface area (Å²) in [4.78, 5) is 26.9. The minimum atomic E-state index is -1.66. The van der Waals surface area contributed by atoms with Crippen LogP contribution in [0.2, 0.25) is 0 Å². The maximum Gasteiger partial charge on any atom is 0.331 e. The first-order valence-electron chi connectivity index (χ1n) is 22.1. The number of benzene rings is 1. The summed E-state index contributed by atoms with van der Waals surface area (Å²) in [5, 5.41) is 40.1. The first-order valence-corrected chi connectivity index (χ1v) is 22.1. The SMILES string of the molecule is C[C@H](CCCc1ccccc1)CC[C@H](O)[C@]12C([C@@H]3C[C@](C)(C#CCC4(CCCCC4)C(=O)O3)[C@]1(O)CCC1=CC(=O)OC1)[C@](C)(C1CCCCC1)CC[C@H]2O. The second-order valence-electron chi connectivity index (χ2n) is 19.5. The standard InChI is InChI=1S/C48H68O7/c1-34(15-13-18-35-16-7-4-8-17-35)21-22-39(49)48-40(50)24-29-45(3,37-19-9-5-10-20-37)42(48)38-32-44(2,47(48,53)30-23-36-31-41(51)54-33-36)25-14-28-46(43(52)55-38)26-11-6-12-27-46/h4,7-8,16-17,31,34,37-40,42,49-50,53H,5-6,9-13,15,18-24,26-30,32-33H2,1-3H3/t34-,38+,39+,40-,42?,44+,45+,47-,48+/m1/s1. The van der Waals surface area contributed by atoms with E-state index in [9.17, 15) is 24.9 Å². The molecule has 0 amide bonds. The van der Waals surface area contributed by atoms with Gasteiger partial charge in [0, 0.05) is 24.8 Å². The molecule has 3 N–H and O–H groups in total. The maximum absolute atomic E-state index is 14.7. The van der Waals surface area contributed by atoms with Crippen LogP contribution in [0.3, 0.4) is 0 Å². The van der Waals surface area contributed by atoms with Gasteiger partial charge in [0.15, 0.2) is 0 Å². The second kappa shape index (κ2) is 16.3. The van der Waals surface area contributed by atoms with E-state index in [4.69, 9.17) is 9.47 Å². The number of aliphatic hydroxyl groups excluding tert-OH is 2. The summed E-state index contributed by atoms with van der Waals surface area (Å²) >= 11 is 0. The van der Waals surface area contributed by atoms with E-state index in [1.165, 1.54) is 18.1 Å². The van der Waals surface area contributed by atoms with Crippen LogP contribution >= 0.6 is 0 Å². The fourth-order valence-corrected chi connectivity index (χ4v) is 13.1. The monoisotopic (exact) mass is 756 g/mol. The van der Waals surface area contributed by atoms with Gasteiger partial charge in [0.25, 0.3) is 0 Å². The molecule has 7 rings (SSSR count). The van der Waals surface area contributed by atoms with Gasteiger partial charge < -0.3 is 24.8 Å². The average molecular weight is 757 g/mol. The summed E-state index contributed by atoms with van der Waals surface area (Å²) < 4.78 is 12.3. The zero-order valence-corrected chi connectivity index (χ0v) is 34.0. The molecule has 1 aromatic rings. The lowest BCUT2D eigenvalue weighted by Gasteiger charge is -2.72. The Morgan fingerprint density at radius 2 is 1.64 bits per heavy atom. The van der Waals surface area contributed by atoms with Gasteiger partial charge in [-0.15, -0.1) is 5.92 Å². The zero-order valence-electron chi connectivity index (χ0n) is 34.0. The van der Waals surface area contributed by atoms with E-state index in [0.717, 1.165) is 95.5 Å². The number of esters is 2. The first-order chi connectivity index (χ1) is 26.4. The van der Waals surface area contributed by atoms with E-state index < -0.39 is 51.5 Å². The minimum Gasteiger partial charge on any atom is -0.462 e. The third-order valence-electron chi connectivity index (χ3n) is 16.2. The van der Waals surface area contributed by atoms with Gasteiger partial charge in [-0.3, -0.25) is 4.79 Å². The number of hydrogen-bond donors (Lipinski definition) is 3. The van der Waals surface area contributed by atoms with E-state index in [1.54, 1.807) is 0 Å². The van der Waals surface area contributed by atoms with E-state index in [1.807, 2.05) is 13.0 Å². The molecule has 1 aromatic carbocycles. The first kappa shape index (κ1) is 40.5. The number of cyclic esters (lactones) is 1. The highest BCUT2D eigenvalue weighted by atomic mass is 16.5. The van der Waals surface area contributed by atoms with Crippen molar-refractivity contribution < 1.29 is 34.4 Å². The Morgan fingerprint density at radius 1 is 0.909 bits per heavy atom. The topological polar surface area (TPSA) is 113 Å². The Labute approximate surface area is 330 Å². The van der Waals surface area contributed by atoms with E-state index >= 15 is 0 Å². The molecule has 4 fully saturated rings. The molecule has 302 valence electrons. The van der Waals surface area contributed by atoms with Crippen LogP contribution < -0.4 is 0 Å². The Bertz CT molecular complexity index is 1610. The van der Waals surface area contributed by atoms with Crippen molar-refractivity contribution >= 4 is 11.9 Å². The highest BCUT2D eigenvalue weighted by molar-refractivity contribution is 5.85. The molecule has 2 bridgehead atoms. The molecule has 0 radical (unpaired) electrons. The van der Waals surface area contributed by atoms with E-state index in [0.29, 0.717) is 43.9 Å². The number of aliphatic hydroxyl groups is 3. The van der Waals surface area contributed by atoms with Gasteiger partial charge >= 0.3 is 11.9 Å². The molecule has 4 aliphatic carbocycles. The Hall–Kier alpha value is -2.66. The molecule has 0 aromatic heterocycles. The molecule has 7 heteroatoms. The molecular weight excluding hydrogens is 689 g/mol. The molecule has 7 nitrogen and oxygen atoms in total. The third-order valence-corrected chi connectivity index (χ3v) is 16.2. The maximum atomic E-state index is 14.7. The lowest BCUT2D eigenvalue weighted by molar-refractivity contribution is -0.339. The largest absolute Gasteiger partial charge is 0.462 e. The van der Waals surface area contributed by atoms with Gasteiger partial charge in [0.1, 0.15) is 12.7 Å². The summed E-state index contributed by atoms with van der Waals surface area (Å²) in [5.41, 5.74) is -3.13. The number of fused-ring (bicyclic) bond motifs is 4. The molecule has 9 atom stereocenters. The van der Waals surface area contributed by atoms with Crippen molar-refractivity contribution in [3.63, 3.8) is 0 Å². The van der Waals surface area contributed by atoms with E-state index in [2.05, 4.69) is 50.0 Å². The van der Waals surface area contributed by atoms with Crippen LogP contribution in [0.4, 0.5) is 0 Å². The third kappa shape index (κ3) is 7.36. The van der Waals surface area contributed by atoms with Crippen LogP contribution in [-0.2, 0) is 25.5 Å². The highest BCUT2D eigenvalue weighted by Crippen LogP contribution is 2.72. The predicted molar refractivity (Wildman–Crippen MR) is 213 cm³/mol. The van der Waals surface area contributed by atoms with Crippen LogP contribution in [0.5, 0.6) is 0 Å². The van der Waals surface area contributed by atoms with Crippen LogP contribution in [0, 0.1) is 51.3 Å². The molecule has 2 aliphatic heterocycles.